The maximum atomic E-state index is 12.8. The van der Waals surface area contributed by atoms with Crippen LogP contribution in [0.25, 0.3) is 0 Å². The van der Waals surface area contributed by atoms with Crippen LogP contribution >= 0.6 is 0 Å². The molecule has 1 fully saturated rings. The Morgan fingerprint density at radius 3 is 2.14 bits per heavy atom. The van der Waals surface area contributed by atoms with E-state index in [9.17, 15) is 13.2 Å². The van der Waals surface area contributed by atoms with Crippen LogP contribution in [-0.2, 0) is 33.5 Å². The lowest BCUT2D eigenvalue weighted by molar-refractivity contribution is -0.135. The average molecular weight is 415 g/mol. The molecule has 0 unspecified atom stereocenters. The molecular formula is C23H30N2O3S. The Balaban J connectivity index is 1.53. The average Bonchev–Trinajstić information content (AvgIpc) is 2.74. The molecule has 1 heterocycles. The highest BCUT2D eigenvalue weighted by atomic mass is 32.2. The second-order valence-corrected chi connectivity index (χ2v) is 9.75. The van der Waals surface area contributed by atoms with Gasteiger partial charge < -0.3 is 4.90 Å². The van der Waals surface area contributed by atoms with Gasteiger partial charge in [-0.05, 0) is 36.0 Å². The molecule has 0 aliphatic carbocycles. The second kappa shape index (κ2) is 9.55. The second-order valence-electron chi connectivity index (χ2n) is 7.78. The van der Waals surface area contributed by atoms with Crippen molar-refractivity contribution >= 4 is 15.9 Å². The summed E-state index contributed by atoms with van der Waals surface area (Å²) in [6.45, 7) is 3.52. The fourth-order valence-corrected chi connectivity index (χ4v) is 5.36. The third kappa shape index (κ3) is 5.67. The molecule has 1 aliphatic heterocycles. The third-order valence-corrected chi connectivity index (χ3v) is 7.47. The van der Waals surface area contributed by atoms with Gasteiger partial charge in [-0.1, -0.05) is 61.5 Å². The van der Waals surface area contributed by atoms with Gasteiger partial charge in [-0.15, -0.1) is 0 Å². The summed E-state index contributed by atoms with van der Waals surface area (Å²) in [7, 11) is -1.52. The van der Waals surface area contributed by atoms with E-state index in [4.69, 9.17) is 0 Å². The summed E-state index contributed by atoms with van der Waals surface area (Å²) in [4.78, 5) is 14.6. The fraction of sp³-hybridized carbons (Fsp3) is 0.435. The topological polar surface area (TPSA) is 57.7 Å². The Bertz CT molecular complexity index is 903. The Morgan fingerprint density at radius 2 is 1.55 bits per heavy atom. The number of benzene rings is 2. The first-order valence-corrected chi connectivity index (χ1v) is 11.8. The van der Waals surface area contributed by atoms with E-state index in [1.54, 1.807) is 4.90 Å². The minimum atomic E-state index is -3.35. The summed E-state index contributed by atoms with van der Waals surface area (Å²) in [5, 5.41) is 0. The van der Waals surface area contributed by atoms with Crippen LogP contribution in [0.15, 0.2) is 54.6 Å². The van der Waals surface area contributed by atoms with Crippen LogP contribution in [0.1, 0.15) is 36.5 Å². The van der Waals surface area contributed by atoms with Gasteiger partial charge in [0.1, 0.15) is 0 Å². The molecule has 0 bridgehead atoms. The van der Waals surface area contributed by atoms with Gasteiger partial charge >= 0.3 is 0 Å². The van der Waals surface area contributed by atoms with Crippen LogP contribution in [-0.4, -0.2) is 43.7 Å². The number of carbonyl (C=O) groups excluding carboxylic acids is 1. The first-order valence-electron chi connectivity index (χ1n) is 10.2. The molecule has 2 aromatic carbocycles. The number of aryl methyl sites for hydroxylation is 1. The van der Waals surface area contributed by atoms with Crippen molar-refractivity contribution in [3.05, 3.63) is 71.3 Å². The van der Waals surface area contributed by atoms with Gasteiger partial charge in [0.25, 0.3) is 0 Å². The number of piperidine rings is 1. The summed E-state index contributed by atoms with van der Waals surface area (Å²) in [6.07, 6.45) is 2.15. The van der Waals surface area contributed by atoms with Gasteiger partial charge in [0, 0.05) is 32.6 Å². The van der Waals surface area contributed by atoms with Crippen molar-refractivity contribution in [2.24, 2.45) is 5.92 Å². The van der Waals surface area contributed by atoms with E-state index in [0.29, 0.717) is 32.5 Å². The van der Waals surface area contributed by atoms with Gasteiger partial charge in [0.05, 0.1) is 5.75 Å². The quantitative estimate of drug-likeness (QED) is 0.697. The predicted octanol–water partition coefficient (Wildman–Crippen LogP) is 3.45. The Morgan fingerprint density at radius 1 is 0.966 bits per heavy atom. The van der Waals surface area contributed by atoms with E-state index in [2.05, 4.69) is 31.2 Å². The molecule has 0 radical (unpaired) electrons. The SMILES string of the molecule is CCc1ccc(CN(C)C(=O)C2CCN(S(=O)(=O)Cc3ccccc3)CC2)cc1. The van der Waals surface area contributed by atoms with Crippen molar-refractivity contribution in [2.45, 2.75) is 38.5 Å². The van der Waals surface area contributed by atoms with E-state index in [-0.39, 0.29) is 17.6 Å². The predicted molar refractivity (Wildman–Crippen MR) is 116 cm³/mol. The van der Waals surface area contributed by atoms with Crippen molar-refractivity contribution in [3.63, 3.8) is 0 Å². The minimum absolute atomic E-state index is 0.0140. The van der Waals surface area contributed by atoms with E-state index in [1.807, 2.05) is 37.4 Å². The number of rotatable bonds is 7. The number of amides is 1. The molecule has 5 nitrogen and oxygen atoms in total. The van der Waals surface area contributed by atoms with Crippen LogP contribution < -0.4 is 0 Å². The molecule has 0 N–H and O–H groups in total. The highest BCUT2D eigenvalue weighted by Gasteiger charge is 2.32. The van der Waals surface area contributed by atoms with Crippen LogP contribution in [0.5, 0.6) is 0 Å². The van der Waals surface area contributed by atoms with Crippen molar-refractivity contribution in [1.29, 1.82) is 0 Å². The zero-order valence-corrected chi connectivity index (χ0v) is 18.1. The Hall–Kier alpha value is -2.18. The zero-order chi connectivity index (χ0) is 20.9. The lowest BCUT2D eigenvalue weighted by atomic mass is 9.96. The molecule has 6 heteroatoms. The summed E-state index contributed by atoms with van der Waals surface area (Å²) in [5.41, 5.74) is 3.19. The summed E-state index contributed by atoms with van der Waals surface area (Å²) >= 11 is 0. The number of carbonyl (C=O) groups is 1. The lowest BCUT2D eigenvalue weighted by Gasteiger charge is -2.32. The lowest BCUT2D eigenvalue weighted by Crippen LogP contribution is -2.43. The highest BCUT2D eigenvalue weighted by Crippen LogP contribution is 2.23. The molecule has 2 aromatic rings. The van der Waals surface area contributed by atoms with Crippen molar-refractivity contribution in [3.8, 4) is 0 Å². The number of hydrogen-bond acceptors (Lipinski definition) is 3. The molecule has 0 spiro atoms. The molecule has 1 amide bonds. The van der Waals surface area contributed by atoms with Gasteiger partial charge in [-0.2, -0.15) is 0 Å². The molecule has 156 valence electrons. The molecule has 0 saturated carbocycles. The monoisotopic (exact) mass is 414 g/mol. The number of hydrogen-bond donors (Lipinski definition) is 0. The Kier molecular flexibility index (Phi) is 7.09. The minimum Gasteiger partial charge on any atom is -0.341 e. The molecule has 3 rings (SSSR count). The van der Waals surface area contributed by atoms with Crippen LogP contribution in [0.3, 0.4) is 0 Å². The van der Waals surface area contributed by atoms with E-state index in [0.717, 1.165) is 17.5 Å². The van der Waals surface area contributed by atoms with Crippen molar-refractivity contribution in [1.82, 2.24) is 9.21 Å². The first kappa shape index (κ1) is 21.5. The van der Waals surface area contributed by atoms with Crippen molar-refractivity contribution in [2.75, 3.05) is 20.1 Å². The largest absolute Gasteiger partial charge is 0.341 e. The molecule has 0 atom stereocenters. The van der Waals surface area contributed by atoms with E-state index >= 15 is 0 Å². The maximum absolute atomic E-state index is 12.8. The normalized spacial score (nSPS) is 15.9. The van der Waals surface area contributed by atoms with Gasteiger partial charge in [-0.25, -0.2) is 12.7 Å². The van der Waals surface area contributed by atoms with Crippen LogP contribution in [0.4, 0.5) is 0 Å². The van der Waals surface area contributed by atoms with Gasteiger partial charge in [0.15, 0.2) is 0 Å². The van der Waals surface area contributed by atoms with Gasteiger partial charge in [-0.3, -0.25) is 4.79 Å². The smallest absolute Gasteiger partial charge is 0.225 e. The third-order valence-electron chi connectivity index (χ3n) is 5.62. The van der Waals surface area contributed by atoms with E-state index < -0.39 is 10.0 Å². The van der Waals surface area contributed by atoms with Gasteiger partial charge in [0.2, 0.25) is 15.9 Å². The maximum Gasteiger partial charge on any atom is 0.225 e. The fourth-order valence-electron chi connectivity index (χ4n) is 3.80. The standard InChI is InChI=1S/C23H30N2O3S/c1-3-19-9-11-20(12-10-19)17-24(2)23(26)22-13-15-25(16-14-22)29(27,28)18-21-7-5-4-6-8-21/h4-12,22H,3,13-18H2,1-2H3. The van der Waals surface area contributed by atoms with Crippen molar-refractivity contribution < 1.29 is 13.2 Å². The Labute approximate surface area is 174 Å². The molecule has 1 aliphatic rings. The summed E-state index contributed by atoms with van der Waals surface area (Å²) < 4.78 is 26.9. The molecular weight excluding hydrogens is 384 g/mol. The first-order chi connectivity index (χ1) is 13.9. The molecule has 0 aromatic heterocycles. The zero-order valence-electron chi connectivity index (χ0n) is 17.3. The number of sulfonamides is 1. The summed E-state index contributed by atoms with van der Waals surface area (Å²) in [6, 6.07) is 17.6. The van der Waals surface area contributed by atoms with Crippen LogP contribution in [0.2, 0.25) is 0 Å². The number of nitrogens with zero attached hydrogens (tertiary/aromatic N) is 2. The van der Waals surface area contributed by atoms with E-state index in [1.165, 1.54) is 9.87 Å². The van der Waals surface area contributed by atoms with Crippen LogP contribution in [0, 0.1) is 5.92 Å². The molecule has 29 heavy (non-hydrogen) atoms. The molecule has 1 saturated heterocycles. The summed E-state index contributed by atoms with van der Waals surface area (Å²) in [5.74, 6) is 0.00267. The highest BCUT2D eigenvalue weighted by molar-refractivity contribution is 7.88.